The van der Waals surface area contributed by atoms with Crippen molar-refractivity contribution < 1.29 is 8.83 Å². The second-order valence-electron chi connectivity index (χ2n) is 15.6. The van der Waals surface area contributed by atoms with Crippen molar-refractivity contribution >= 4 is 68.2 Å². The number of aryl methyl sites for hydroxylation is 1. The van der Waals surface area contributed by atoms with Crippen LogP contribution in [0.2, 0.25) is 0 Å². The molecule has 0 spiro atoms. The van der Waals surface area contributed by atoms with E-state index in [1.165, 1.54) is 22.1 Å². The molecule has 3 nitrogen and oxygen atoms in total. The Bertz CT molecular complexity index is 3270. The third-order valence-electron chi connectivity index (χ3n) is 12.1. The second-order valence-corrected chi connectivity index (χ2v) is 15.6. The Morgan fingerprint density at radius 1 is 0.407 bits per heavy atom. The summed E-state index contributed by atoms with van der Waals surface area (Å²) in [6.07, 6.45) is 10.9. The maximum Gasteiger partial charge on any atom is 0.143 e. The van der Waals surface area contributed by atoms with Gasteiger partial charge in [0.2, 0.25) is 0 Å². The van der Waals surface area contributed by atoms with E-state index in [9.17, 15) is 0 Å². The Morgan fingerprint density at radius 3 is 1.64 bits per heavy atom. The molecule has 0 radical (unpaired) electrons. The highest BCUT2D eigenvalue weighted by atomic mass is 16.3. The predicted octanol–water partition coefficient (Wildman–Crippen LogP) is 15.9. The van der Waals surface area contributed by atoms with Gasteiger partial charge in [-0.2, -0.15) is 0 Å². The normalized spacial score (nSPS) is 13.1. The Labute approximate surface area is 342 Å². The maximum atomic E-state index is 6.58. The monoisotopic (exact) mass is 755 g/mol. The molecule has 2 aliphatic rings. The fourth-order valence-electron chi connectivity index (χ4n) is 9.24. The summed E-state index contributed by atoms with van der Waals surface area (Å²) in [7, 11) is 0. The predicted molar refractivity (Wildman–Crippen MR) is 246 cm³/mol. The summed E-state index contributed by atoms with van der Waals surface area (Å²) in [5, 5.41) is 3.46. The first kappa shape index (κ1) is 33.5. The molecule has 59 heavy (non-hydrogen) atoms. The molecule has 0 saturated carbocycles. The number of fused-ring (bicyclic) bond motifs is 8. The van der Waals surface area contributed by atoms with Crippen molar-refractivity contribution in [3.8, 4) is 44.5 Å². The van der Waals surface area contributed by atoms with Gasteiger partial charge in [0.05, 0.1) is 11.4 Å². The smallest absolute Gasteiger partial charge is 0.143 e. The van der Waals surface area contributed by atoms with Crippen LogP contribution < -0.4 is 4.90 Å². The summed E-state index contributed by atoms with van der Waals surface area (Å²) in [5.74, 6) is 0.983. The summed E-state index contributed by atoms with van der Waals surface area (Å²) in [5.41, 5.74) is 18.7. The Kier molecular flexibility index (Phi) is 7.67. The number of hydrogen-bond acceptors (Lipinski definition) is 3. The largest absolute Gasteiger partial charge is 0.456 e. The molecule has 10 aromatic rings. The van der Waals surface area contributed by atoms with Crippen LogP contribution in [0.15, 0.2) is 191 Å². The molecule has 1 aliphatic heterocycles. The summed E-state index contributed by atoms with van der Waals surface area (Å²) < 4.78 is 13.1. The fourth-order valence-corrected chi connectivity index (χ4v) is 9.24. The minimum Gasteiger partial charge on any atom is -0.456 e. The highest BCUT2D eigenvalue weighted by Gasteiger charge is 2.25. The SMILES string of the molecule is C1=Cc2oc3c(-c4ccc5c(c4)C=Cc4cc(-c6cccc7c6oc6ccccc67)ccc4N5c4cc(-c5ccccc5)cc(-c5ccccc5)c4)cccc3c2CC1. The van der Waals surface area contributed by atoms with E-state index in [1.54, 1.807) is 0 Å². The van der Waals surface area contributed by atoms with Crippen LogP contribution in [0, 0.1) is 0 Å². The van der Waals surface area contributed by atoms with Crippen LogP contribution in [-0.4, -0.2) is 0 Å². The minimum absolute atomic E-state index is 0.899. The van der Waals surface area contributed by atoms with E-state index in [2.05, 4.69) is 193 Å². The third-order valence-corrected chi connectivity index (χ3v) is 12.1. The second kappa shape index (κ2) is 13.5. The molecule has 8 aromatic carbocycles. The van der Waals surface area contributed by atoms with E-state index in [0.29, 0.717) is 0 Å². The summed E-state index contributed by atoms with van der Waals surface area (Å²) in [4.78, 5) is 2.44. The van der Waals surface area contributed by atoms with Crippen LogP contribution in [0.25, 0.3) is 95.6 Å². The first-order chi connectivity index (χ1) is 29.2. The van der Waals surface area contributed by atoms with Crippen molar-refractivity contribution in [3.63, 3.8) is 0 Å². The van der Waals surface area contributed by atoms with Gasteiger partial charge in [-0.3, -0.25) is 0 Å². The highest BCUT2D eigenvalue weighted by molar-refractivity contribution is 6.10. The minimum atomic E-state index is 0.899. The van der Waals surface area contributed by atoms with Gasteiger partial charge in [-0.1, -0.05) is 146 Å². The Balaban J connectivity index is 1.07. The third kappa shape index (κ3) is 5.58. The van der Waals surface area contributed by atoms with Crippen LogP contribution >= 0.6 is 0 Å². The molecule has 3 heteroatoms. The van der Waals surface area contributed by atoms with Crippen molar-refractivity contribution in [2.24, 2.45) is 0 Å². The zero-order chi connectivity index (χ0) is 38.9. The maximum absolute atomic E-state index is 6.58. The quantitative estimate of drug-likeness (QED) is 0.175. The van der Waals surface area contributed by atoms with E-state index >= 15 is 0 Å². The first-order valence-corrected chi connectivity index (χ1v) is 20.4. The van der Waals surface area contributed by atoms with Crippen molar-refractivity contribution in [1.82, 2.24) is 0 Å². The van der Waals surface area contributed by atoms with Gasteiger partial charge in [0.25, 0.3) is 0 Å². The van der Waals surface area contributed by atoms with Crippen LogP contribution in [0.4, 0.5) is 17.1 Å². The number of allylic oxidation sites excluding steroid dienone is 1. The van der Waals surface area contributed by atoms with E-state index in [-0.39, 0.29) is 0 Å². The number of nitrogens with zero attached hydrogens (tertiary/aromatic N) is 1. The van der Waals surface area contributed by atoms with Crippen molar-refractivity contribution in [2.75, 3.05) is 4.90 Å². The van der Waals surface area contributed by atoms with Gasteiger partial charge in [-0.25, -0.2) is 0 Å². The van der Waals surface area contributed by atoms with E-state index in [0.717, 1.165) is 108 Å². The number of benzene rings is 8. The van der Waals surface area contributed by atoms with Gasteiger partial charge in [0.1, 0.15) is 22.5 Å². The van der Waals surface area contributed by atoms with Gasteiger partial charge in [-0.15, -0.1) is 0 Å². The topological polar surface area (TPSA) is 29.5 Å². The van der Waals surface area contributed by atoms with E-state index in [1.807, 2.05) is 12.1 Å². The zero-order valence-electron chi connectivity index (χ0n) is 32.2. The van der Waals surface area contributed by atoms with Crippen LogP contribution in [0.5, 0.6) is 0 Å². The molecule has 0 atom stereocenters. The average Bonchev–Trinajstić information content (AvgIpc) is 3.83. The van der Waals surface area contributed by atoms with Crippen LogP contribution in [0.3, 0.4) is 0 Å². The molecule has 2 aromatic heterocycles. The summed E-state index contributed by atoms with van der Waals surface area (Å²) >= 11 is 0. The molecule has 12 rings (SSSR count). The lowest BCUT2D eigenvalue weighted by Gasteiger charge is -2.29. The number of rotatable bonds is 5. The molecule has 1 aliphatic carbocycles. The van der Waals surface area contributed by atoms with Gasteiger partial charge < -0.3 is 13.7 Å². The van der Waals surface area contributed by atoms with Crippen LogP contribution in [0.1, 0.15) is 28.9 Å². The number of para-hydroxylation sites is 3. The zero-order valence-corrected chi connectivity index (χ0v) is 32.2. The molecular formula is C56H37NO2. The number of anilines is 3. The molecule has 0 fully saturated rings. The Hall–Kier alpha value is -7.62. The van der Waals surface area contributed by atoms with E-state index in [4.69, 9.17) is 8.83 Å². The van der Waals surface area contributed by atoms with Crippen LogP contribution in [-0.2, 0) is 6.42 Å². The average molecular weight is 756 g/mol. The van der Waals surface area contributed by atoms with Gasteiger partial charge in [-0.05, 0) is 112 Å². The van der Waals surface area contributed by atoms with Crippen molar-refractivity contribution in [2.45, 2.75) is 12.8 Å². The number of furan rings is 2. The molecule has 0 unspecified atom stereocenters. The van der Waals surface area contributed by atoms with Crippen molar-refractivity contribution in [1.29, 1.82) is 0 Å². The lowest BCUT2D eigenvalue weighted by atomic mass is 9.95. The van der Waals surface area contributed by atoms with Gasteiger partial charge in [0.15, 0.2) is 0 Å². The van der Waals surface area contributed by atoms with Crippen molar-refractivity contribution in [3.05, 3.63) is 204 Å². The number of hydrogen-bond donors (Lipinski definition) is 0. The standard InChI is InChI=1S/C56H37NO2/c1-3-13-36(14-4-1)42-33-43(37-15-5-2-6-16-37)35-44(34-42)57-51-29-27-38(45-19-11-21-49-47-17-7-9-23-53(47)58-55(45)49)31-40(51)25-26-41-32-39(28-30-52(41)57)46-20-12-22-50-48-18-8-10-24-54(48)59-56(46)50/h1-7,9-17,19-35H,8,18H2. The molecule has 0 saturated heterocycles. The molecule has 3 heterocycles. The summed E-state index contributed by atoms with van der Waals surface area (Å²) in [6, 6.07) is 63.4. The lowest BCUT2D eigenvalue weighted by molar-refractivity contribution is 0.596. The lowest BCUT2D eigenvalue weighted by Crippen LogP contribution is -2.12. The highest BCUT2D eigenvalue weighted by Crippen LogP contribution is 2.48. The van der Waals surface area contributed by atoms with Gasteiger partial charge >= 0.3 is 0 Å². The molecule has 0 N–H and O–H groups in total. The first-order valence-electron chi connectivity index (χ1n) is 20.4. The molecule has 0 bridgehead atoms. The fraction of sp³-hybridized carbons (Fsp3) is 0.0357. The molecular weight excluding hydrogens is 719 g/mol. The van der Waals surface area contributed by atoms with Gasteiger partial charge in [0, 0.05) is 38.5 Å². The molecule has 278 valence electrons. The Morgan fingerprint density at radius 2 is 0.983 bits per heavy atom. The summed E-state index contributed by atoms with van der Waals surface area (Å²) in [6.45, 7) is 0. The molecule has 0 amide bonds. The van der Waals surface area contributed by atoms with E-state index < -0.39 is 0 Å².